The van der Waals surface area contributed by atoms with Crippen LogP contribution < -0.4 is 5.32 Å². The smallest absolute Gasteiger partial charge is 0.220 e. The Bertz CT molecular complexity index is 1080. The van der Waals surface area contributed by atoms with Gasteiger partial charge in [0.1, 0.15) is 24.4 Å². The van der Waals surface area contributed by atoms with Gasteiger partial charge in [0.2, 0.25) is 5.91 Å². The quantitative estimate of drug-likeness (QED) is 0.0261. The second-order valence-electron chi connectivity index (χ2n) is 18.7. The Balaban J connectivity index is 2.15. The summed E-state index contributed by atoms with van der Waals surface area (Å²) in [6, 6.07) is -0.818. The van der Waals surface area contributed by atoms with Gasteiger partial charge >= 0.3 is 0 Å². The van der Waals surface area contributed by atoms with Crippen LogP contribution in [0.5, 0.6) is 0 Å². The van der Waals surface area contributed by atoms with E-state index in [1.165, 1.54) is 186 Å². The number of allylic oxidation sites excluding steroid dienone is 5. The maximum absolute atomic E-state index is 13.0. The summed E-state index contributed by atoms with van der Waals surface area (Å²) in [4.78, 5) is 13.0. The zero-order valence-electron chi connectivity index (χ0n) is 40.8. The summed E-state index contributed by atoms with van der Waals surface area (Å²) in [5.41, 5.74) is 0. The van der Waals surface area contributed by atoms with Crippen molar-refractivity contribution in [3.05, 3.63) is 36.5 Å². The number of rotatable bonds is 45. The average molecular weight is 892 g/mol. The molecule has 6 N–H and O–H groups in total. The van der Waals surface area contributed by atoms with Crippen molar-refractivity contribution < 1.29 is 39.8 Å². The summed E-state index contributed by atoms with van der Waals surface area (Å²) in [7, 11) is 0. The van der Waals surface area contributed by atoms with Crippen LogP contribution in [0.1, 0.15) is 245 Å². The second-order valence-corrected chi connectivity index (χ2v) is 18.7. The van der Waals surface area contributed by atoms with Gasteiger partial charge in [-0.25, -0.2) is 0 Å². The number of unbranched alkanes of at least 4 members (excludes halogenated alkanes) is 31. The van der Waals surface area contributed by atoms with Crippen LogP contribution in [-0.4, -0.2) is 87.5 Å². The Kier molecular flexibility index (Phi) is 41.7. The first-order valence-corrected chi connectivity index (χ1v) is 26.7. The van der Waals surface area contributed by atoms with Gasteiger partial charge in [-0.2, -0.15) is 0 Å². The number of ether oxygens (including phenoxy) is 2. The molecule has 1 fully saturated rings. The minimum absolute atomic E-state index is 0.186. The Labute approximate surface area is 387 Å². The molecule has 9 nitrogen and oxygen atoms in total. The molecule has 1 amide bonds. The van der Waals surface area contributed by atoms with Crippen molar-refractivity contribution in [1.82, 2.24) is 5.32 Å². The van der Waals surface area contributed by atoms with Crippen LogP contribution in [0.25, 0.3) is 0 Å². The van der Waals surface area contributed by atoms with E-state index in [0.717, 1.165) is 38.5 Å². The summed E-state index contributed by atoms with van der Waals surface area (Å²) in [5.74, 6) is -0.186. The highest BCUT2D eigenvalue weighted by molar-refractivity contribution is 5.76. The van der Waals surface area contributed by atoms with Gasteiger partial charge in [0.25, 0.3) is 0 Å². The van der Waals surface area contributed by atoms with Gasteiger partial charge in [-0.05, 0) is 57.8 Å². The van der Waals surface area contributed by atoms with Crippen molar-refractivity contribution in [2.45, 2.75) is 288 Å². The molecule has 0 aromatic rings. The molecule has 1 aliphatic heterocycles. The van der Waals surface area contributed by atoms with Gasteiger partial charge in [0, 0.05) is 6.42 Å². The average Bonchev–Trinajstić information content (AvgIpc) is 3.28. The Hall–Kier alpha value is -1.59. The minimum Gasteiger partial charge on any atom is -0.394 e. The van der Waals surface area contributed by atoms with E-state index in [1.807, 2.05) is 6.08 Å². The van der Waals surface area contributed by atoms with Crippen molar-refractivity contribution in [1.29, 1.82) is 0 Å². The number of hydrogen-bond donors (Lipinski definition) is 6. The number of aliphatic hydroxyl groups excluding tert-OH is 5. The largest absolute Gasteiger partial charge is 0.394 e. The molecule has 1 rings (SSSR count). The molecular weight excluding hydrogens is 791 g/mol. The van der Waals surface area contributed by atoms with E-state index in [9.17, 15) is 30.3 Å². The fourth-order valence-corrected chi connectivity index (χ4v) is 8.40. The third-order valence-corrected chi connectivity index (χ3v) is 12.7. The summed E-state index contributed by atoms with van der Waals surface area (Å²) in [6.45, 7) is 3.74. The summed E-state index contributed by atoms with van der Waals surface area (Å²) < 4.78 is 11.2. The maximum atomic E-state index is 13.0. The molecule has 0 aromatic heterocycles. The third kappa shape index (κ3) is 34.4. The molecule has 7 unspecified atom stereocenters. The zero-order chi connectivity index (χ0) is 45.9. The van der Waals surface area contributed by atoms with Crippen LogP contribution >= 0.6 is 0 Å². The lowest BCUT2D eigenvalue weighted by Gasteiger charge is -2.40. The predicted octanol–water partition coefficient (Wildman–Crippen LogP) is 12.4. The number of amides is 1. The van der Waals surface area contributed by atoms with Crippen molar-refractivity contribution in [3.8, 4) is 0 Å². The van der Waals surface area contributed by atoms with Crippen LogP contribution in [0, 0.1) is 0 Å². The molecule has 0 radical (unpaired) electrons. The van der Waals surface area contributed by atoms with Crippen molar-refractivity contribution in [3.63, 3.8) is 0 Å². The molecule has 0 saturated carbocycles. The fraction of sp³-hybridized carbons (Fsp3) is 0.870. The van der Waals surface area contributed by atoms with Crippen molar-refractivity contribution in [2.24, 2.45) is 0 Å². The number of carbonyl (C=O) groups is 1. The number of carbonyl (C=O) groups excluding carboxylic acids is 1. The minimum atomic E-state index is -1.57. The van der Waals surface area contributed by atoms with Crippen molar-refractivity contribution in [2.75, 3.05) is 13.2 Å². The van der Waals surface area contributed by atoms with Crippen LogP contribution in [-0.2, 0) is 14.3 Å². The Morgan fingerprint density at radius 3 is 1.33 bits per heavy atom. The maximum Gasteiger partial charge on any atom is 0.220 e. The molecule has 370 valence electrons. The van der Waals surface area contributed by atoms with Crippen LogP contribution in [0.2, 0.25) is 0 Å². The number of nitrogens with one attached hydrogen (secondary N) is 1. The molecule has 0 aromatic carbocycles. The molecule has 1 heterocycles. The lowest BCUT2D eigenvalue weighted by atomic mass is 9.99. The van der Waals surface area contributed by atoms with Gasteiger partial charge in [0.05, 0.1) is 25.4 Å². The zero-order valence-corrected chi connectivity index (χ0v) is 40.8. The molecule has 63 heavy (non-hydrogen) atoms. The molecule has 0 bridgehead atoms. The van der Waals surface area contributed by atoms with E-state index in [-0.39, 0.29) is 12.5 Å². The molecular formula is C54H101NO8. The van der Waals surface area contributed by atoms with Gasteiger partial charge in [-0.3, -0.25) is 4.79 Å². The van der Waals surface area contributed by atoms with E-state index in [2.05, 4.69) is 43.5 Å². The van der Waals surface area contributed by atoms with Crippen LogP contribution in [0.15, 0.2) is 36.5 Å². The van der Waals surface area contributed by atoms with Crippen molar-refractivity contribution >= 4 is 5.91 Å². The van der Waals surface area contributed by atoms with Crippen LogP contribution in [0.4, 0.5) is 0 Å². The number of hydrogen-bond acceptors (Lipinski definition) is 8. The first kappa shape index (κ1) is 59.4. The van der Waals surface area contributed by atoms with E-state index in [0.29, 0.717) is 6.42 Å². The van der Waals surface area contributed by atoms with E-state index < -0.39 is 49.5 Å². The first-order valence-electron chi connectivity index (χ1n) is 26.7. The summed E-state index contributed by atoms with van der Waals surface area (Å²) >= 11 is 0. The highest BCUT2D eigenvalue weighted by atomic mass is 16.7. The molecule has 0 aliphatic carbocycles. The first-order chi connectivity index (χ1) is 30.8. The highest BCUT2D eigenvalue weighted by Gasteiger charge is 2.44. The lowest BCUT2D eigenvalue weighted by molar-refractivity contribution is -0.302. The van der Waals surface area contributed by atoms with Gasteiger partial charge in [-0.15, -0.1) is 0 Å². The second kappa shape index (κ2) is 44.3. The number of aliphatic hydroxyl groups is 5. The SMILES string of the molecule is CCCCCCC/C=C/CC/C=C/C(O)C(COC1OC(CO)C(O)C(O)C1O)NC(=O)CCCCCCCCCCCCCCCCCCC/C=C\CCCCCCCCCC. The van der Waals surface area contributed by atoms with Gasteiger partial charge < -0.3 is 40.3 Å². The monoisotopic (exact) mass is 892 g/mol. The molecule has 1 aliphatic rings. The van der Waals surface area contributed by atoms with Crippen LogP contribution in [0.3, 0.4) is 0 Å². The topological polar surface area (TPSA) is 149 Å². The molecule has 7 atom stereocenters. The fourth-order valence-electron chi connectivity index (χ4n) is 8.40. The van der Waals surface area contributed by atoms with E-state index in [4.69, 9.17) is 9.47 Å². The van der Waals surface area contributed by atoms with E-state index in [1.54, 1.807) is 6.08 Å². The molecule has 1 saturated heterocycles. The molecule has 0 spiro atoms. The van der Waals surface area contributed by atoms with Gasteiger partial charge in [0.15, 0.2) is 6.29 Å². The summed E-state index contributed by atoms with van der Waals surface area (Å²) in [5, 5.41) is 54.2. The Morgan fingerprint density at radius 2 is 0.905 bits per heavy atom. The van der Waals surface area contributed by atoms with Gasteiger partial charge in [-0.1, -0.05) is 217 Å². The molecule has 9 heteroatoms. The standard InChI is InChI=1S/C54H101NO8/c1-3-5-7-9-11-13-15-16-17-18-19-20-21-22-23-24-25-26-27-28-29-30-31-32-34-36-38-40-42-44-50(58)55-47(46-62-54-53(61)52(60)51(59)49(45-56)63-54)48(57)43-41-39-37-35-33-14-12-10-8-6-4-2/h18-19,33,35,41,43,47-49,51-54,56-57,59-61H,3-17,20-32,34,36-40,42,44-46H2,1-2H3,(H,55,58)/b19-18-,35-33+,43-41+. The highest BCUT2D eigenvalue weighted by Crippen LogP contribution is 2.23. The Morgan fingerprint density at radius 1 is 0.524 bits per heavy atom. The third-order valence-electron chi connectivity index (χ3n) is 12.7. The lowest BCUT2D eigenvalue weighted by Crippen LogP contribution is -2.60. The summed E-state index contributed by atoms with van der Waals surface area (Å²) in [6.07, 6.45) is 49.4. The van der Waals surface area contributed by atoms with E-state index >= 15 is 0 Å². The predicted molar refractivity (Wildman–Crippen MR) is 263 cm³/mol. The normalized spacial score (nSPS) is 20.4.